The molecule has 0 saturated heterocycles. The second-order valence-corrected chi connectivity index (χ2v) is 7.43. The molecule has 0 atom stereocenters. The van der Waals surface area contributed by atoms with E-state index in [1.165, 1.54) is 11.0 Å². The zero-order chi connectivity index (χ0) is 15.3. The summed E-state index contributed by atoms with van der Waals surface area (Å²) >= 11 is 1.12. The van der Waals surface area contributed by atoms with Crippen LogP contribution in [-0.4, -0.2) is 32.8 Å². The van der Waals surface area contributed by atoms with Crippen LogP contribution in [0.4, 0.5) is 0 Å². The first-order valence-electron chi connectivity index (χ1n) is 6.30. The Morgan fingerprint density at radius 1 is 1.19 bits per heavy atom. The lowest BCUT2D eigenvalue weighted by Crippen LogP contribution is -2.37. The van der Waals surface area contributed by atoms with Crippen LogP contribution in [0, 0.1) is 0 Å². The molecular weight excluding hydrogens is 308 g/mol. The maximum Gasteiger partial charge on any atom is 0.250 e. The number of rotatable bonds is 6. The van der Waals surface area contributed by atoms with Gasteiger partial charge in [0, 0.05) is 13.6 Å². The maximum atomic E-state index is 12.0. The van der Waals surface area contributed by atoms with E-state index in [9.17, 15) is 13.2 Å². The van der Waals surface area contributed by atoms with Crippen molar-refractivity contribution >= 4 is 27.3 Å². The van der Waals surface area contributed by atoms with Crippen LogP contribution in [0.15, 0.2) is 52.1 Å². The standard InChI is InChI=1S/C14H16N2O3S2/c1-16(11-12-6-3-2-4-7-12)13(17)10-15-21(18,19)14-8-5-9-20-14/h2-9,15H,10-11H2,1H3. The highest BCUT2D eigenvalue weighted by Crippen LogP contribution is 2.15. The molecule has 0 fully saturated rings. The molecule has 5 nitrogen and oxygen atoms in total. The Bertz CT molecular complexity index is 682. The predicted octanol–water partition coefficient (Wildman–Crippen LogP) is 1.69. The number of benzene rings is 1. The van der Waals surface area contributed by atoms with Crippen molar-refractivity contribution in [2.24, 2.45) is 0 Å². The van der Waals surface area contributed by atoms with Gasteiger partial charge in [-0.25, -0.2) is 13.1 Å². The highest BCUT2D eigenvalue weighted by atomic mass is 32.2. The first-order chi connectivity index (χ1) is 9.99. The minimum Gasteiger partial charge on any atom is -0.340 e. The van der Waals surface area contributed by atoms with Gasteiger partial charge in [0.2, 0.25) is 5.91 Å². The third kappa shape index (κ3) is 4.38. The minimum atomic E-state index is -3.60. The molecule has 0 spiro atoms. The summed E-state index contributed by atoms with van der Waals surface area (Å²) in [5.74, 6) is -0.279. The van der Waals surface area contributed by atoms with Crippen molar-refractivity contribution in [2.75, 3.05) is 13.6 Å². The SMILES string of the molecule is CN(Cc1ccccc1)C(=O)CNS(=O)(=O)c1cccs1. The quantitative estimate of drug-likeness (QED) is 0.879. The molecule has 0 radical (unpaired) electrons. The summed E-state index contributed by atoms with van der Waals surface area (Å²) in [5, 5.41) is 1.68. The molecule has 1 heterocycles. The van der Waals surface area contributed by atoms with E-state index in [0.29, 0.717) is 6.54 Å². The zero-order valence-corrected chi connectivity index (χ0v) is 13.2. The summed E-state index contributed by atoms with van der Waals surface area (Å²) < 4.78 is 26.3. The normalized spacial score (nSPS) is 11.3. The molecule has 0 unspecified atom stereocenters. The van der Waals surface area contributed by atoms with Crippen molar-refractivity contribution in [3.05, 3.63) is 53.4 Å². The van der Waals surface area contributed by atoms with Crippen LogP contribution in [0.5, 0.6) is 0 Å². The molecule has 1 N–H and O–H groups in total. The third-order valence-electron chi connectivity index (χ3n) is 2.86. The molecule has 112 valence electrons. The molecule has 1 amide bonds. The van der Waals surface area contributed by atoms with Gasteiger partial charge in [0.15, 0.2) is 0 Å². The summed E-state index contributed by atoms with van der Waals surface area (Å²) in [6.45, 7) is 0.198. The van der Waals surface area contributed by atoms with Gasteiger partial charge in [-0.05, 0) is 17.0 Å². The number of sulfonamides is 1. The molecule has 0 saturated carbocycles. The lowest BCUT2D eigenvalue weighted by atomic mass is 10.2. The molecule has 1 aromatic heterocycles. The molecule has 21 heavy (non-hydrogen) atoms. The molecule has 0 bridgehead atoms. The second-order valence-electron chi connectivity index (χ2n) is 4.49. The Morgan fingerprint density at radius 2 is 1.90 bits per heavy atom. The van der Waals surface area contributed by atoms with Gasteiger partial charge in [0.25, 0.3) is 10.0 Å². The van der Waals surface area contributed by atoms with Gasteiger partial charge < -0.3 is 4.90 Å². The Kier molecular flexibility index (Phi) is 5.11. The van der Waals surface area contributed by atoms with E-state index < -0.39 is 10.0 Å². The van der Waals surface area contributed by atoms with Gasteiger partial charge in [-0.15, -0.1) is 11.3 Å². The molecule has 0 aliphatic rings. The molecule has 2 aromatic rings. The molecule has 0 aliphatic heterocycles. The Balaban J connectivity index is 1.90. The van der Waals surface area contributed by atoms with Gasteiger partial charge in [-0.3, -0.25) is 4.79 Å². The highest BCUT2D eigenvalue weighted by Gasteiger charge is 2.18. The zero-order valence-electron chi connectivity index (χ0n) is 11.5. The van der Waals surface area contributed by atoms with Crippen molar-refractivity contribution in [1.29, 1.82) is 0 Å². The fourth-order valence-corrected chi connectivity index (χ4v) is 3.74. The average molecular weight is 324 g/mol. The summed E-state index contributed by atoms with van der Waals surface area (Å²) in [4.78, 5) is 13.5. The smallest absolute Gasteiger partial charge is 0.250 e. The van der Waals surface area contributed by atoms with E-state index in [4.69, 9.17) is 0 Å². The van der Waals surface area contributed by atoms with Crippen molar-refractivity contribution in [1.82, 2.24) is 9.62 Å². The van der Waals surface area contributed by atoms with E-state index in [1.807, 2.05) is 30.3 Å². The molecule has 2 rings (SSSR count). The van der Waals surface area contributed by atoms with E-state index in [2.05, 4.69) is 4.72 Å². The topological polar surface area (TPSA) is 66.5 Å². The van der Waals surface area contributed by atoms with Crippen LogP contribution in [0.3, 0.4) is 0 Å². The number of likely N-dealkylation sites (N-methyl/N-ethyl adjacent to an activating group) is 1. The van der Waals surface area contributed by atoms with Crippen LogP contribution < -0.4 is 4.72 Å². The van der Waals surface area contributed by atoms with Crippen LogP contribution in [0.25, 0.3) is 0 Å². The summed E-state index contributed by atoms with van der Waals surface area (Å²) in [6, 6.07) is 12.7. The van der Waals surface area contributed by atoms with Gasteiger partial charge >= 0.3 is 0 Å². The maximum absolute atomic E-state index is 12.0. The van der Waals surface area contributed by atoms with Gasteiger partial charge in [0.1, 0.15) is 4.21 Å². The van der Waals surface area contributed by atoms with Crippen LogP contribution >= 0.6 is 11.3 Å². The van der Waals surface area contributed by atoms with E-state index in [0.717, 1.165) is 16.9 Å². The number of carbonyl (C=O) groups excluding carboxylic acids is 1. The number of amides is 1. The summed E-state index contributed by atoms with van der Waals surface area (Å²) in [5.41, 5.74) is 0.995. The largest absolute Gasteiger partial charge is 0.340 e. The van der Waals surface area contributed by atoms with Crippen LogP contribution in [-0.2, 0) is 21.4 Å². The van der Waals surface area contributed by atoms with E-state index >= 15 is 0 Å². The molecule has 0 aliphatic carbocycles. The number of hydrogen-bond donors (Lipinski definition) is 1. The summed E-state index contributed by atoms with van der Waals surface area (Å²) in [6.07, 6.45) is 0. The monoisotopic (exact) mass is 324 g/mol. The third-order valence-corrected chi connectivity index (χ3v) is 5.66. The average Bonchev–Trinajstić information content (AvgIpc) is 3.01. The second kappa shape index (κ2) is 6.84. The van der Waals surface area contributed by atoms with Crippen LogP contribution in [0.1, 0.15) is 5.56 Å². The van der Waals surface area contributed by atoms with Crippen LogP contribution in [0.2, 0.25) is 0 Å². The number of hydrogen-bond acceptors (Lipinski definition) is 4. The Labute approximate surface area is 128 Å². The van der Waals surface area contributed by atoms with Gasteiger partial charge in [0.05, 0.1) is 6.54 Å². The minimum absolute atomic E-state index is 0.209. The number of nitrogens with zero attached hydrogens (tertiary/aromatic N) is 1. The molecular formula is C14H16N2O3S2. The highest BCUT2D eigenvalue weighted by molar-refractivity contribution is 7.91. The van der Waals surface area contributed by atoms with Crippen molar-refractivity contribution < 1.29 is 13.2 Å². The first kappa shape index (κ1) is 15.7. The summed E-state index contributed by atoms with van der Waals surface area (Å²) in [7, 11) is -1.95. The van der Waals surface area contributed by atoms with Crippen molar-refractivity contribution in [3.63, 3.8) is 0 Å². The van der Waals surface area contributed by atoms with Gasteiger partial charge in [-0.2, -0.15) is 0 Å². The lowest BCUT2D eigenvalue weighted by Gasteiger charge is -2.17. The van der Waals surface area contributed by atoms with Crippen molar-refractivity contribution in [3.8, 4) is 0 Å². The van der Waals surface area contributed by atoms with E-state index in [-0.39, 0.29) is 16.7 Å². The number of nitrogens with one attached hydrogen (secondary N) is 1. The Morgan fingerprint density at radius 3 is 2.52 bits per heavy atom. The molecule has 1 aromatic carbocycles. The first-order valence-corrected chi connectivity index (χ1v) is 8.66. The fourth-order valence-electron chi connectivity index (χ4n) is 1.72. The predicted molar refractivity (Wildman–Crippen MR) is 82.4 cm³/mol. The van der Waals surface area contributed by atoms with E-state index in [1.54, 1.807) is 18.5 Å². The lowest BCUT2D eigenvalue weighted by molar-refractivity contribution is -0.129. The van der Waals surface area contributed by atoms with Crippen molar-refractivity contribution in [2.45, 2.75) is 10.8 Å². The Hall–Kier alpha value is -1.70. The number of carbonyl (C=O) groups is 1. The fraction of sp³-hybridized carbons (Fsp3) is 0.214. The molecule has 7 heteroatoms. The number of thiophene rings is 1. The van der Waals surface area contributed by atoms with Gasteiger partial charge in [-0.1, -0.05) is 36.4 Å².